The fourth-order valence-electron chi connectivity index (χ4n) is 1.58. The summed E-state index contributed by atoms with van der Waals surface area (Å²) in [5.74, 6) is -0.368. The first-order valence-electron chi connectivity index (χ1n) is 6.98. The summed E-state index contributed by atoms with van der Waals surface area (Å²) in [7, 11) is 0. The third kappa shape index (κ3) is 5.68. The van der Waals surface area contributed by atoms with Gasteiger partial charge in [0, 0.05) is 29.4 Å². The van der Waals surface area contributed by atoms with Crippen LogP contribution in [0.5, 0.6) is 0 Å². The smallest absolute Gasteiger partial charge is 0.258 e. The van der Waals surface area contributed by atoms with Crippen LogP contribution >= 0.6 is 11.6 Å². The molecule has 0 radical (unpaired) electrons. The molecule has 0 atom stereocenters. The van der Waals surface area contributed by atoms with E-state index in [4.69, 9.17) is 11.6 Å². The molecular formula is C18H20ClN3O. The van der Waals surface area contributed by atoms with E-state index in [2.05, 4.69) is 28.5 Å². The second kappa shape index (κ2) is 8.86. The topological polar surface area (TPSA) is 54.4 Å². The minimum atomic E-state index is -0.368. The number of hydrogen-bond donors (Lipinski definition) is 1. The molecule has 4 nitrogen and oxygen atoms in total. The Morgan fingerprint density at radius 3 is 2.65 bits per heavy atom. The van der Waals surface area contributed by atoms with Gasteiger partial charge in [-0.2, -0.15) is 0 Å². The molecule has 1 aromatic heterocycles. The molecule has 23 heavy (non-hydrogen) atoms. The van der Waals surface area contributed by atoms with E-state index in [1.54, 1.807) is 30.5 Å². The Morgan fingerprint density at radius 1 is 1.39 bits per heavy atom. The van der Waals surface area contributed by atoms with Crippen molar-refractivity contribution in [2.45, 2.75) is 20.8 Å². The van der Waals surface area contributed by atoms with Crippen molar-refractivity contribution in [2.24, 2.45) is 4.99 Å². The summed E-state index contributed by atoms with van der Waals surface area (Å²) in [6.07, 6.45) is 6.49. The van der Waals surface area contributed by atoms with Gasteiger partial charge in [0.15, 0.2) is 0 Å². The van der Waals surface area contributed by atoms with Crippen molar-refractivity contribution < 1.29 is 4.79 Å². The number of aliphatic imine (C=N–C) groups is 1. The lowest BCUT2D eigenvalue weighted by molar-refractivity contribution is 0.0966. The number of pyridine rings is 1. The number of carbonyl (C=O) groups is 1. The van der Waals surface area contributed by atoms with E-state index >= 15 is 0 Å². The molecule has 0 aliphatic heterocycles. The van der Waals surface area contributed by atoms with Crippen molar-refractivity contribution in [3.05, 3.63) is 77.4 Å². The summed E-state index contributed by atoms with van der Waals surface area (Å²) in [5, 5.41) is 2.91. The van der Waals surface area contributed by atoms with Crippen molar-refractivity contribution in [1.29, 1.82) is 0 Å². The summed E-state index contributed by atoms with van der Waals surface area (Å²) < 4.78 is 0. The predicted octanol–water partition coefficient (Wildman–Crippen LogP) is 4.48. The molecule has 1 rings (SSSR count). The highest BCUT2D eigenvalue weighted by molar-refractivity contribution is 6.32. The van der Waals surface area contributed by atoms with Crippen LogP contribution in [-0.2, 0) is 0 Å². The molecular weight excluding hydrogens is 310 g/mol. The van der Waals surface area contributed by atoms with Crippen LogP contribution in [0.25, 0.3) is 0 Å². The molecule has 0 unspecified atom stereocenters. The van der Waals surface area contributed by atoms with Gasteiger partial charge < -0.3 is 5.32 Å². The Kier molecular flexibility index (Phi) is 7.16. The van der Waals surface area contributed by atoms with Crippen LogP contribution in [0.3, 0.4) is 0 Å². The van der Waals surface area contributed by atoms with E-state index in [9.17, 15) is 4.79 Å². The van der Waals surface area contributed by atoms with Gasteiger partial charge in [0.2, 0.25) is 0 Å². The van der Waals surface area contributed by atoms with Crippen molar-refractivity contribution in [1.82, 2.24) is 10.3 Å². The Hall–Kier alpha value is -2.46. The van der Waals surface area contributed by atoms with E-state index < -0.39 is 0 Å². The molecule has 0 bridgehead atoms. The van der Waals surface area contributed by atoms with Crippen LogP contribution in [0, 0.1) is 0 Å². The van der Waals surface area contributed by atoms with Crippen LogP contribution < -0.4 is 5.32 Å². The number of amides is 1. The average molecular weight is 330 g/mol. The fourth-order valence-corrected chi connectivity index (χ4v) is 1.78. The van der Waals surface area contributed by atoms with E-state index in [0.29, 0.717) is 17.0 Å². The van der Waals surface area contributed by atoms with Crippen molar-refractivity contribution >= 4 is 23.2 Å². The molecule has 0 saturated heterocycles. The summed E-state index contributed by atoms with van der Waals surface area (Å²) in [6.45, 7) is 13.4. The molecule has 0 fully saturated rings. The van der Waals surface area contributed by atoms with Crippen LogP contribution in [0.1, 0.15) is 31.1 Å². The standard InChI is InChI=1S/C18H20ClN3O/c1-6-8-16(13(4)14(5)21-11-12(2)3)22-18(23)15-9-7-10-20-17(15)19/h6-11H,1,4H2,2-3,5H3,(H,22,23)/b16-8+,21-14?. The quantitative estimate of drug-likeness (QED) is 0.475. The molecule has 1 aromatic rings. The highest BCUT2D eigenvalue weighted by Crippen LogP contribution is 2.14. The minimum absolute atomic E-state index is 0.142. The first kappa shape index (κ1) is 18.6. The lowest BCUT2D eigenvalue weighted by Gasteiger charge is -2.12. The molecule has 0 aliphatic rings. The second-order valence-electron chi connectivity index (χ2n) is 5.01. The molecule has 0 saturated carbocycles. The summed E-state index contributed by atoms with van der Waals surface area (Å²) in [5.41, 5.74) is 3.15. The zero-order valence-electron chi connectivity index (χ0n) is 13.6. The monoisotopic (exact) mass is 329 g/mol. The number of halogens is 1. The van der Waals surface area contributed by atoms with Gasteiger partial charge in [0.05, 0.1) is 5.56 Å². The number of allylic oxidation sites excluding steroid dienone is 4. The number of nitrogens with one attached hydrogen (secondary N) is 1. The SMILES string of the molecule is C=C/C=C(/NC(=O)c1cccnc1Cl)C(=C)C(C)=NC=C(C)C. The van der Waals surface area contributed by atoms with E-state index in [-0.39, 0.29) is 16.6 Å². The number of aromatic nitrogens is 1. The van der Waals surface area contributed by atoms with Crippen LogP contribution in [-0.4, -0.2) is 16.6 Å². The van der Waals surface area contributed by atoms with E-state index in [1.807, 2.05) is 20.8 Å². The number of carbonyl (C=O) groups excluding carboxylic acids is 1. The summed E-state index contributed by atoms with van der Waals surface area (Å²) >= 11 is 5.94. The molecule has 0 aromatic carbocycles. The van der Waals surface area contributed by atoms with Gasteiger partial charge in [-0.1, -0.05) is 36.4 Å². The first-order valence-corrected chi connectivity index (χ1v) is 7.36. The Labute approximate surface area is 142 Å². The third-order valence-corrected chi connectivity index (χ3v) is 3.12. The highest BCUT2D eigenvalue weighted by atomic mass is 35.5. The number of rotatable bonds is 6. The Bertz CT molecular complexity index is 711. The predicted molar refractivity (Wildman–Crippen MR) is 96.7 cm³/mol. The lowest BCUT2D eigenvalue weighted by atomic mass is 10.1. The van der Waals surface area contributed by atoms with Crippen LogP contribution in [0.2, 0.25) is 5.15 Å². The molecule has 0 aliphatic carbocycles. The van der Waals surface area contributed by atoms with Gasteiger partial charge in [-0.15, -0.1) is 0 Å². The maximum Gasteiger partial charge on any atom is 0.258 e. The zero-order valence-corrected chi connectivity index (χ0v) is 14.3. The van der Waals surface area contributed by atoms with Crippen molar-refractivity contribution in [3.63, 3.8) is 0 Å². The van der Waals surface area contributed by atoms with Gasteiger partial charge in [-0.25, -0.2) is 4.98 Å². The van der Waals surface area contributed by atoms with Crippen molar-refractivity contribution in [2.75, 3.05) is 0 Å². The largest absolute Gasteiger partial charge is 0.321 e. The summed E-state index contributed by atoms with van der Waals surface area (Å²) in [6, 6.07) is 3.25. The number of nitrogens with zero attached hydrogens (tertiary/aromatic N) is 2. The fraction of sp³-hybridized carbons (Fsp3) is 0.167. The second-order valence-corrected chi connectivity index (χ2v) is 5.37. The van der Waals surface area contributed by atoms with Gasteiger partial charge >= 0.3 is 0 Å². The maximum atomic E-state index is 12.3. The van der Waals surface area contributed by atoms with Gasteiger partial charge in [0.1, 0.15) is 5.15 Å². The third-order valence-electron chi connectivity index (χ3n) is 2.81. The van der Waals surface area contributed by atoms with Crippen LogP contribution in [0.4, 0.5) is 0 Å². The minimum Gasteiger partial charge on any atom is -0.321 e. The Morgan fingerprint density at radius 2 is 2.09 bits per heavy atom. The lowest BCUT2D eigenvalue weighted by Crippen LogP contribution is -2.25. The summed E-state index contributed by atoms with van der Waals surface area (Å²) in [4.78, 5) is 20.5. The maximum absolute atomic E-state index is 12.3. The molecule has 1 N–H and O–H groups in total. The van der Waals surface area contributed by atoms with E-state index in [0.717, 1.165) is 5.57 Å². The van der Waals surface area contributed by atoms with Gasteiger partial charge in [0.25, 0.3) is 5.91 Å². The normalized spacial score (nSPS) is 11.7. The zero-order chi connectivity index (χ0) is 17.4. The molecule has 1 heterocycles. The van der Waals surface area contributed by atoms with E-state index in [1.165, 1.54) is 6.20 Å². The van der Waals surface area contributed by atoms with Gasteiger partial charge in [-0.3, -0.25) is 9.79 Å². The van der Waals surface area contributed by atoms with Gasteiger partial charge in [-0.05, 0) is 39.0 Å². The van der Waals surface area contributed by atoms with Crippen molar-refractivity contribution in [3.8, 4) is 0 Å². The molecule has 120 valence electrons. The Balaban J connectivity index is 3.03. The van der Waals surface area contributed by atoms with Crippen LogP contribution in [0.15, 0.2) is 71.7 Å². The number of hydrogen-bond acceptors (Lipinski definition) is 3. The average Bonchev–Trinajstić information content (AvgIpc) is 2.51. The molecule has 0 spiro atoms. The highest BCUT2D eigenvalue weighted by Gasteiger charge is 2.14. The molecule has 5 heteroatoms. The molecule has 1 amide bonds. The first-order chi connectivity index (χ1) is 10.9.